The van der Waals surface area contributed by atoms with Crippen molar-refractivity contribution in [2.45, 2.75) is 12.8 Å². The molecule has 0 unspecified atom stereocenters. The molecule has 23 heavy (non-hydrogen) atoms. The number of carbonyl (C=O) groups excluding carboxylic acids is 2. The topological polar surface area (TPSA) is 70.7 Å². The van der Waals surface area contributed by atoms with Crippen molar-refractivity contribution in [2.75, 3.05) is 45.2 Å². The molecular formula is C17H25N3O3. The third-order valence-corrected chi connectivity index (χ3v) is 4.02. The van der Waals surface area contributed by atoms with Crippen molar-refractivity contribution in [3.63, 3.8) is 0 Å². The number of para-hydroxylation sites is 1. The van der Waals surface area contributed by atoms with Crippen LogP contribution in [0.4, 0.5) is 5.69 Å². The number of nitrogens with one attached hydrogen (secondary N) is 2. The number of ether oxygens (including phenoxy) is 1. The number of piperidine rings is 1. The fourth-order valence-corrected chi connectivity index (χ4v) is 2.64. The zero-order valence-corrected chi connectivity index (χ0v) is 13.6. The maximum atomic E-state index is 12.2. The number of anilines is 1. The van der Waals surface area contributed by atoms with Crippen LogP contribution in [-0.4, -0.2) is 56.6 Å². The van der Waals surface area contributed by atoms with Gasteiger partial charge in [-0.1, -0.05) is 18.2 Å². The first kappa shape index (κ1) is 17.4. The Morgan fingerprint density at radius 1 is 1.22 bits per heavy atom. The summed E-state index contributed by atoms with van der Waals surface area (Å²) in [6, 6.07) is 9.46. The second kappa shape index (κ2) is 9.27. The summed E-state index contributed by atoms with van der Waals surface area (Å²) in [7, 11) is 1.63. The molecule has 0 radical (unpaired) electrons. The zero-order chi connectivity index (χ0) is 16.5. The van der Waals surface area contributed by atoms with E-state index in [1.165, 1.54) is 0 Å². The Bertz CT molecular complexity index is 499. The lowest BCUT2D eigenvalue weighted by Crippen LogP contribution is -2.45. The van der Waals surface area contributed by atoms with Crippen molar-refractivity contribution >= 4 is 17.5 Å². The Kier molecular flexibility index (Phi) is 7.03. The number of methoxy groups -OCH3 is 1. The van der Waals surface area contributed by atoms with Crippen LogP contribution in [0.5, 0.6) is 0 Å². The van der Waals surface area contributed by atoms with Gasteiger partial charge in [0, 0.05) is 38.3 Å². The molecule has 1 aromatic rings. The van der Waals surface area contributed by atoms with Gasteiger partial charge in [-0.15, -0.1) is 0 Å². The highest BCUT2D eigenvalue weighted by atomic mass is 16.5. The largest absolute Gasteiger partial charge is 0.383 e. The van der Waals surface area contributed by atoms with E-state index in [2.05, 4.69) is 10.6 Å². The highest BCUT2D eigenvalue weighted by molar-refractivity contribution is 5.92. The van der Waals surface area contributed by atoms with Crippen LogP contribution >= 0.6 is 0 Å². The number of likely N-dealkylation sites (tertiary alicyclic amines) is 1. The molecule has 0 spiro atoms. The molecule has 0 aliphatic carbocycles. The van der Waals surface area contributed by atoms with Crippen LogP contribution in [0.25, 0.3) is 0 Å². The number of hydrogen-bond acceptors (Lipinski definition) is 4. The van der Waals surface area contributed by atoms with Crippen molar-refractivity contribution in [2.24, 2.45) is 5.92 Å². The second-order valence-electron chi connectivity index (χ2n) is 5.68. The van der Waals surface area contributed by atoms with E-state index in [0.29, 0.717) is 45.6 Å². The number of rotatable bonds is 7. The second-order valence-corrected chi connectivity index (χ2v) is 5.68. The lowest BCUT2D eigenvalue weighted by Gasteiger charge is -2.31. The van der Waals surface area contributed by atoms with Crippen molar-refractivity contribution < 1.29 is 14.3 Å². The molecule has 0 aromatic heterocycles. The minimum Gasteiger partial charge on any atom is -0.383 e. The van der Waals surface area contributed by atoms with Crippen molar-refractivity contribution in [3.05, 3.63) is 30.3 Å². The van der Waals surface area contributed by atoms with E-state index in [1.54, 1.807) is 7.11 Å². The molecule has 6 heteroatoms. The van der Waals surface area contributed by atoms with Crippen LogP contribution in [0.1, 0.15) is 12.8 Å². The molecular weight excluding hydrogens is 294 g/mol. The molecule has 6 nitrogen and oxygen atoms in total. The van der Waals surface area contributed by atoms with Crippen LogP contribution in [0.3, 0.4) is 0 Å². The van der Waals surface area contributed by atoms with E-state index in [-0.39, 0.29) is 17.7 Å². The molecule has 1 heterocycles. The molecule has 0 saturated carbocycles. The summed E-state index contributed by atoms with van der Waals surface area (Å²) in [5.74, 6) is 0.102. The van der Waals surface area contributed by atoms with Crippen LogP contribution < -0.4 is 10.6 Å². The maximum Gasteiger partial charge on any atom is 0.236 e. The van der Waals surface area contributed by atoms with Gasteiger partial charge in [-0.25, -0.2) is 0 Å². The Morgan fingerprint density at radius 3 is 2.57 bits per heavy atom. The maximum absolute atomic E-state index is 12.2. The number of amides is 2. The average Bonchev–Trinajstić information content (AvgIpc) is 2.59. The number of carbonyl (C=O) groups is 2. The van der Waals surface area contributed by atoms with Gasteiger partial charge in [0.15, 0.2) is 0 Å². The predicted octanol–water partition coefficient (Wildman–Crippen LogP) is 1.10. The zero-order valence-electron chi connectivity index (χ0n) is 13.6. The van der Waals surface area contributed by atoms with Gasteiger partial charge in [0.2, 0.25) is 11.8 Å². The molecule has 1 aliphatic rings. The van der Waals surface area contributed by atoms with Gasteiger partial charge in [0.1, 0.15) is 0 Å². The van der Waals surface area contributed by atoms with Gasteiger partial charge in [-0.3, -0.25) is 9.59 Å². The minimum atomic E-state index is -0.0271. The first-order chi connectivity index (χ1) is 11.2. The van der Waals surface area contributed by atoms with E-state index < -0.39 is 0 Å². The van der Waals surface area contributed by atoms with Gasteiger partial charge in [0.25, 0.3) is 0 Å². The molecule has 1 aromatic carbocycles. The van der Waals surface area contributed by atoms with Crippen LogP contribution in [0.2, 0.25) is 0 Å². The lowest BCUT2D eigenvalue weighted by molar-refractivity contribution is -0.133. The predicted molar refractivity (Wildman–Crippen MR) is 89.1 cm³/mol. The summed E-state index contributed by atoms with van der Waals surface area (Å²) >= 11 is 0. The lowest BCUT2D eigenvalue weighted by atomic mass is 9.95. The summed E-state index contributed by atoms with van der Waals surface area (Å²) in [5, 5.41) is 5.99. The first-order valence-electron chi connectivity index (χ1n) is 8.04. The van der Waals surface area contributed by atoms with E-state index in [4.69, 9.17) is 4.74 Å². The minimum absolute atomic E-state index is 0.0271. The third-order valence-electron chi connectivity index (χ3n) is 4.02. The van der Waals surface area contributed by atoms with Gasteiger partial charge in [-0.2, -0.15) is 0 Å². The smallest absolute Gasteiger partial charge is 0.236 e. The highest BCUT2D eigenvalue weighted by Crippen LogP contribution is 2.19. The molecule has 0 bridgehead atoms. The highest BCUT2D eigenvalue weighted by Gasteiger charge is 2.27. The quantitative estimate of drug-likeness (QED) is 0.738. The SMILES string of the molecule is COCCNCC(=O)N1CCC(C(=O)Nc2ccccc2)CC1. The average molecular weight is 319 g/mol. The summed E-state index contributed by atoms with van der Waals surface area (Å²) in [5.41, 5.74) is 0.818. The molecule has 1 aliphatic heterocycles. The number of hydrogen-bond donors (Lipinski definition) is 2. The Hall–Kier alpha value is -1.92. The molecule has 0 atom stereocenters. The van der Waals surface area contributed by atoms with E-state index in [9.17, 15) is 9.59 Å². The Morgan fingerprint density at radius 2 is 1.91 bits per heavy atom. The van der Waals surface area contributed by atoms with Crippen LogP contribution in [0, 0.1) is 5.92 Å². The molecule has 1 fully saturated rings. The first-order valence-corrected chi connectivity index (χ1v) is 8.04. The summed E-state index contributed by atoms with van der Waals surface area (Å²) in [6.45, 7) is 2.85. The molecule has 1 saturated heterocycles. The van der Waals surface area contributed by atoms with Crippen molar-refractivity contribution in [1.29, 1.82) is 0 Å². The Labute approximate surface area is 137 Å². The summed E-state index contributed by atoms with van der Waals surface area (Å²) < 4.78 is 4.93. The van der Waals surface area contributed by atoms with E-state index in [0.717, 1.165) is 5.69 Å². The van der Waals surface area contributed by atoms with Gasteiger partial charge in [-0.05, 0) is 25.0 Å². The Balaban J connectivity index is 1.70. The normalized spacial score (nSPS) is 15.4. The number of benzene rings is 1. The van der Waals surface area contributed by atoms with E-state index >= 15 is 0 Å². The molecule has 2 N–H and O–H groups in total. The fourth-order valence-electron chi connectivity index (χ4n) is 2.64. The van der Waals surface area contributed by atoms with Crippen LogP contribution in [-0.2, 0) is 14.3 Å². The van der Waals surface area contributed by atoms with Crippen molar-refractivity contribution in [1.82, 2.24) is 10.2 Å². The monoisotopic (exact) mass is 319 g/mol. The van der Waals surface area contributed by atoms with Crippen molar-refractivity contribution in [3.8, 4) is 0 Å². The molecule has 126 valence electrons. The molecule has 2 rings (SSSR count). The standard InChI is InChI=1S/C17H25N3O3/c1-23-12-9-18-13-16(21)20-10-7-14(8-11-20)17(22)19-15-5-3-2-4-6-15/h2-6,14,18H,7-13H2,1H3,(H,19,22). The fraction of sp³-hybridized carbons (Fsp3) is 0.529. The van der Waals surface area contributed by atoms with Crippen LogP contribution in [0.15, 0.2) is 30.3 Å². The molecule has 2 amide bonds. The number of nitrogens with zero attached hydrogens (tertiary/aromatic N) is 1. The van der Waals surface area contributed by atoms with Gasteiger partial charge >= 0.3 is 0 Å². The van der Waals surface area contributed by atoms with Gasteiger partial charge < -0.3 is 20.3 Å². The van der Waals surface area contributed by atoms with Gasteiger partial charge in [0.05, 0.1) is 13.2 Å². The summed E-state index contributed by atoms with van der Waals surface area (Å²) in [6.07, 6.45) is 1.42. The third kappa shape index (κ3) is 5.65. The summed E-state index contributed by atoms with van der Waals surface area (Å²) in [4.78, 5) is 26.1. The van der Waals surface area contributed by atoms with E-state index in [1.807, 2.05) is 35.2 Å².